The first-order valence-corrected chi connectivity index (χ1v) is 10.9. The number of ether oxygens (including phenoxy) is 2. The Morgan fingerprint density at radius 2 is 1.74 bits per heavy atom. The smallest absolute Gasteiger partial charge is 0.253 e. The van der Waals surface area contributed by atoms with Crippen LogP contribution in [-0.2, 0) is 4.79 Å². The van der Waals surface area contributed by atoms with Gasteiger partial charge in [-0.3, -0.25) is 9.59 Å². The van der Waals surface area contributed by atoms with Gasteiger partial charge < -0.3 is 19.3 Å². The van der Waals surface area contributed by atoms with E-state index in [1.165, 1.54) is 0 Å². The average molecular weight is 443 g/mol. The van der Waals surface area contributed by atoms with Crippen LogP contribution in [0.15, 0.2) is 42.5 Å². The molecule has 0 unspecified atom stereocenters. The molecule has 6 nitrogen and oxygen atoms in total. The number of halogens is 1. The zero-order chi connectivity index (χ0) is 22.0. The van der Waals surface area contributed by atoms with Crippen molar-refractivity contribution in [2.45, 2.75) is 18.8 Å². The molecule has 4 rings (SSSR count). The van der Waals surface area contributed by atoms with Crippen LogP contribution in [0.3, 0.4) is 0 Å². The van der Waals surface area contributed by atoms with Crippen LogP contribution in [0.4, 0.5) is 0 Å². The summed E-state index contributed by atoms with van der Waals surface area (Å²) < 4.78 is 11.0. The van der Waals surface area contributed by atoms with Crippen LogP contribution >= 0.6 is 11.6 Å². The van der Waals surface area contributed by atoms with E-state index in [1.807, 2.05) is 23.1 Å². The van der Waals surface area contributed by atoms with Crippen molar-refractivity contribution >= 4 is 23.4 Å². The SMILES string of the molecule is COc1ccc([C@H]2CN(C(=O)c3cccc(Cl)c3)C[C@@H]2C(=O)N2CCCC2)c(OC)c1. The van der Waals surface area contributed by atoms with E-state index in [9.17, 15) is 9.59 Å². The van der Waals surface area contributed by atoms with E-state index in [2.05, 4.69) is 0 Å². The van der Waals surface area contributed by atoms with Crippen LogP contribution in [0, 0.1) is 5.92 Å². The first-order chi connectivity index (χ1) is 15.0. The normalized spacial score (nSPS) is 20.7. The molecule has 0 N–H and O–H groups in total. The predicted octanol–water partition coefficient (Wildman–Crippen LogP) is 3.84. The number of nitrogens with zero attached hydrogens (tertiary/aromatic N) is 2. The van der Waals surface area contributed by atoms with Crippen molar-refractivity contribution < 1.29 is 19.1 Å². The molecule has 31 heavy (non-hydrogen) atoms. The number of likely N-dealkylation sites (tertiary alicyclic amines) is 2. The fourth-order valence-electron chi connectivity index (χ4n) is 4.64. The van der Waals surface area contributed by atoms with Crippen molar-refractivity contribution in [2.75, 3.05) is 40.4 Å². The monoisotopic (exact) mass is 442 g/mol. The van der Waals surface area contributed by atoms with Gasteiger partial charge >= 0.3 is 0 Å². The highest BCUT2D eigenvalue weighted by Gasteiger charge is 2.43. The number of rotatable bonds is 5. The summed E-state index contributed by atoms with van der Waals surface area (Å²) in [4.78, 5) is 30.3. The van der Waals surface area contributed by atoms with Gasteiger partial charge in [-0.05, 0) is 37.1 Å². The highest BCUT2D eigenvalue weighted by atomic mass is 35.5. The number of amides is 2. The first kappa shape index (κ1) is 21.5. The van der Waals surface area contributed by atoms with Crippen LogP contribution in [-0.4, -0.2) is 62.0 Å². The Bertz CT molecular complexity index is 974. The third-order valence-corrected chi connectivity index (χ3v) is 6.49. The van der Waals surface area contributed by atoms with Gasteiger partial charge in [0.25, 0.3) is 5.91 Å². The van der Waals surface area contributed by atoms with Crippen molar-refractivity contribution in [1.29, 1.82) is 0 Å². The van der Waals surface area contributed by atoms with Gasteiger partial charge in [0.1, 0.15) is 11.5 Å². The number of benzene rings is 2. The Hall–Kier alpha value is -2.73. The van der Waals surface area contributed by atoms with Gasteiger partial charge in [0, 0.05) is 54.3 Å². The third kappa shape index (κ3) is 4.35. The molecule has 2 aliphatic heterocycles. The zero-order valence-corrected chi connectivity index (χ0v) is 18.6. The lowest BCUT2D eigenvalue weighted by Crippen LogP contribution is -2.37. The highest BCUT2D eigenvalue weighted by molar-refractivity contribution is 6.30. The second kappa shape index (κ2) is 9.18. The fourth-order valence-corrected chi connectivity index (χ4v) is 4.83. The maximum absolute atomic E-state index is 13.4. The Labute approximate surface area is 187 Å². The molecular weight excluding hydrogens is 416 g/mol. The molecule has 2 aromatic carbocycles. The summed E-state index contributed by atoms with van der Waals surface area (Å²) in [5, 5.41) is 0.517. The summed E-state index contributed by atoms with van der Waals surface area (Å²) in [5.41, 5.74) is 1.45. The summed E-state index contributed by atoms with van der Waals surface area (Å²) in [6, 6.07) is 12.6. The van der Waals surface area contributed by atoms with E-state index in [-0.39, 0.29) is 23.7 Å². The van der Waals surface area contributed by atoms with E-state index < -0.39 is 0 Å². The minimum atomic E-state index is -0.316. The number of carbonyl (C=O) groups is 2. The van der Waals surface area contributed by atoms with Gasteiger partial charge in [-0.2, -0.15) is 0 Å². The van der Waals surface area contributed by atoms with Gasteiger partial charge in [-0.15, -0.1) is 0 Å². The van der Waals surface area contributed by atoms with Crippen molar-refractivity contribution in [3.63, 3.8) is 0 Å². The summed E-state index contributed by atoms with van der Waals surface area (Å²) >= 11 is 6.09. The van der Waals surface area contributed by atoms with E-state index in [4.69, 9.17) is 21.1 Å². The van der Waals surface area contributed by atoms with E-state index in [0.29, 0.717) is 35.2 Å². The number of carbonyl (C=O) groups excluding carboxylic acids is 2. The van der Waals surface area contributed by atoms with Crippen LogP contribution in [0.2, 0.25) is 5.02 Å². The van der Waals surface area contributed by atoms with Gasteiger partial charge in [0.15, 0.2) is 0 Å². The van der Waals surface area contributed by atoms with Crippen LogP contribution < -0.4 is 9.47 Å². The van der Waals surface area contributed by atoms with E-state index >= 15 is 0 Å². The fraction of sp³-hybridized carbons (Fsp3) is 0.417. The highest BCUT2D eigenvalue weighted by Crippen LogP contribution is 2.40. The van der Waals surface area contributed by atoms with Crippen molar-refractivity contribution in [3.05, 3.63) is 58.6 Å². The Kier molecular flexibility index (Phi) is 6.37. The summed E-state index contributed by atoms with van der Waals surface area (Å²) in [5.74, 6) is 0.882. The van der Waals surface area contributed by atoms with Gasteiger partial charge in [0.05, 0.1) is 20.1 Å². The zero-order valence-electron chi connectivity index (χ0n) is 17.8. The van der Waals surface area contributed by atoms with Gasteiger partial charge in [-0.1, -0.05) is 23.7 Å². The molecule has 2 amide bonds. The maximum Gasteiger partial charge on any atom is 0.253 e. The van der Waals surface area contributed by atoms with Gasteiger partial charge in [0.2, 0.25) is 5.91 Å². The lowest BCUT2D eigenvalue weighted by molar-refractivity contribution is -0.134. The van der Waals surface area contributed by atoms with Crippen molar-refractivity contribution in [2.24, 2.45) is 5.92 Å². The minimum Gasteiger partial charge on any atom is -0.497 e. The summed E-state index contributed by atoms with van der Waals surface area (Å²) in [6.45, 7) is 2.38. The van der Waals surface area contributed by atoms with Crippen molar-refractivity contribution in [3.8, 4) is 11.5 Å². The molecule has 2 saturated heterocycles. The van der Waals surface area contributed by atoms with Crippen LogP contribution in [0.25, 0.3) is 0 Å². The van der Waals surface area contributed by atoms with E-state index in [0.717, 1.165) is 31.5 Å². The van der Waals surface area contributed by atoms with E-state index in [1.54, 1.807) is 43.4 Å². The minimum absolute atomic E-state index is 0.113. The molecule has 0 aliphatic carbocycles. The molecule has 7 heteroatoms. The first-order valence-electron chi connectivity index (χ1n) is 10.6. The van der Waals surface area contributed by atoms with Gasteiger partial charge in [-0.25, -0.2) is 0 Å². The quantitative estimate of drug-likeness (QED) is 0.706. The molecule has 2 aromatic rings. The third-order valence-electron chi connectivity index (χ3n) is 6.25. The summed E-state index contributed by atoms with van der Waals surface area (Å²) in [6.07, 6.45) is 2.06. The Morgan fingerprint density at radius 3 is 2.42 bits per heavy atom. The Balaban J connectivity index is 1.67. The lowest BCUT2D eigenvalue weighted by Gasteiger charge is -2.25. The maximum atomic E-state index is 13.4. The molecule has 0 saturated carbocycles. The molecule has 2 heterocycles. The summed E-state index contributed by atoms with van der Waals surface area (Å²) in [7, 11) is 3.22. The predicted molar refractivity (Wildman–Crippen MR) is 119 cm³/mol. The molecule has 2 aliphatic rings. The molecule has 2 fully saturated rings. The topological polar surface area (TPSA) is 59.1 Å². The lowest BCUT2D eigenvalue weighted by atomic mass is 9.87. The number of methoxy groups -OCH3 is 2. The molecule has 2 atom stereocenters. The number of hydrogen-bond donors (Lipinski definition) is 0. The standard InChI is InChI=1S/C24H27ClN2O4/c1-30-18-8-9-19(22(13-18)31-2)20-14-27(23(28)16-6-5-7-17(25)12-16)15-21(20)24(29)26-10-3-4-11-26/h5-9,12-13,20-21H,3-4,10-11,14-15H2,1-2H3/t20-,21+/m1/s1. The van der Waals surface area contributed by atoms with Crippen LogP contribution in [0.5, 0.6) is 11.5 Å². The van der Waals surface area contributed by atoms with Crippen LogP contribution in [0.1, 0.15) is 34.7 Å². The Morgan fingerprint density at radius 1 is 0.968 bits per heavy atom. The largest absolute Gasteiger partial charge is 0.497 e. The molecule has 0 spiro atoms. The molecule has 0 radical (unpaired) electrons. The second-order valence-electron chi connectivity index (χ2n) is 8.07. The average Bonchev–Trinajstić information content (AvgIpc) is 3.48. The molecular formula is C24H27ClN2O4. The molecule has 0 aromatic heterocycles. The van der Waals surface area contributed by atoms with Crippen molar-refractivity contribution in [1.82, 2.24) is 9.80 Å². The molecule has 164 valence electrons. The number of hydrogen-bond acceptors (Lipinski definition) is 4. The molecule has 0 bridgehead atoms. The second-order valence-corrected chi connectivity index (χ2v) is 8.51.